The molecule has 2 bridgehead atoms. The molecule has 0 amide bonds. The van der Waals surface area contributed by atoms with Crippen molar-refractivity contribution in [1.29, 1.82) is 0 Å². The SMILES string of the molecule is O=C(O)CCCC=CC[C@H]1[C@@H](CNC(=S)CNC(=S)COc2ccccc2)[C@H]2CC[C@@H]1O2. The number of fused-ring (bicyclic) bond motifs is 2. The summed E-state index contributed by atoms with van der Waals surface area (Å²) in [5, 5.41) is 15.3. The molecule has 3 rings (SSSR count). The first kappa shape index (κ1) is 24.6. The minimum Gasteiger partial charge on any atom is -0.486 e. The van der Waals surface area contributed by atoms with E-state index in [4.69, 9.17) is 39.0 Å². The maximum absolute atomic E-state index is 10.6. The van der Waals surface area contributed by atoms with E-state index < -0.39 is 5.97 Å². The molecule has 0 aliphatic carbocycles. The van der Waals surface area contributed by atoms with E-state index >= 15 is 0 Å². The third kappa shape index (κ3) is 7.83. The van der Waals surface area contributed by atoms with E-state index in [0.29, 0.717) is 48.6 Å². The normalized spacial score (nSPS) is 23.9. The number of unbranched alkanes of at least 4 members (excludes halogenated alkanes) is 1. The van der Waals surface area contributed by atoms with E-state index in [1.807, 2.05) is 30.3 Å². The molecule has 2 heterocycles. The molecule has 174 valence electrons. The first-order valence-electron chi connectivity index (χ1n) is 11.3. The van der Waals surface area contributed by atoms with E-state index in [9.17, 15) is 4.79 Å². The Bertz CT molecular complexity index is 802. The highest BCUT2D eigenvalue weighted by molar-refractivity contribution is 7.80. The third-order valence-corrected chi connectivity index (χ3v) is 6.57. The Morgan fingerprint density at radius 1 is 1.09 bits per heavy atom. The Balaban J connectivity index is 1.34. The zero-order valence-electron chi connectivity index (χ0n) is 18.2. The summed E-state index contributed by atoms with van der Waals surface area (Å²) in [6, 6.07) is 9.58. The van der Waals surface area contributed by atoms with Crippen molar-refractivity contribution in [2.75, 3.05) is 19.7 Å². The number of aliphatic carboxylic acids is 1. The molecular formula is C24H32N2O4S2. The second-order valence-electron chi connectivity index (χ2n) is 8.29. The fourth-order valence-electron chi connectivity index (χ4n) is 4.41. The average Bonchev–Trinajstić information content (AvgIpc) is 3.39. The number of thiocarbonyl (C=S) groups is 2. The molecule has 1 aromatic carbocycles. The van der Waals surface area contributed by atoms with Crippen LogP contribution in [-0.2, 0) is 9.53 Å². The van der Waals surface area contributed by atoms with Crippen LogP contribution in [0.15, 0.2) is 42.5 Å². The smallest absolute Gasteiger partial charge is 0.303 e. The molecule has 2 aliphatic heterocycles. The zero-order chi connectivity index (χ0) is 22.8. The van der Waals surface area contributed by atoms with Crippen molar-refractivity contribution in [3.8, 4) is 5.75 Å². The predicted molar refractivity (Wildman–Crippen MR) is 133 cm³/mol. The average molecular weight is 477 g/mol. The van der Waals surface area contributed by atoms with Crippen LogP contribution in [0, 0.1) is 11.8 Å². The van der Waals surface area contributed by atoms with Crippen molar-refractivity contribution in [3.05, 3.63) is 42.5 Å². The van der Waals surface area contributed by atoms with Gasteiger partial charge >= 0.3 is 5.97 Å². The van der Waals surface area contributed by atoms with Gasteiger partial charge in [0, 0.05) is 18.9 Å². The van der Waals surface area contributed by atoms with Crippen molar-refractivity contribution in [2.24, 2.45) is 11.8 Å². The van der Waals surface area contributed by atoms with Gasteiger partial charge in [-0.1, -0.05) is 54.8 Å². The summed E-state index contributed by atoms with van der Waals surface area (Å²) in [6.45, 7) is 1.61. The maximum Gasteiger partial charge on any atom is 0.303 e. The summed E-state index contributed by atoms with van der Waals surface area (Å²) in [6.07, 6.45) is 9.83. The number of carbonyl (C=O) groups is 1. The summed E-state index contributed by atoms with van der Waals surface area (Å²) < 4.78 is 11.8. The summed E-state index contributed by atoms with van der Waals surface area (Å²) in [5.41, 5.74) is 0. The van der Waals surface area contributed by atoms with Gasteiger partial charge in [-0.2, -0.15) is 0 Å². The molecule has 2 aliphatic rings. The highest BCUT2D eigenvalue weighted by Gasteiger charge is 2.47. The van der Waals surface area contributed by atoms with Crippen LogP contribution in [0.4, 0.5) is 0 Å². The molecule has 0 radical (unpaired) electrons. The number of hydrogen-bond acceptors (Lipinski definition) is 5. The lowest BCUT2D eigenvalue weighted by molar-refractivity contribution is -0.137. The number of para-hydroxylation sites is 1. The molecule has 2 fully saturated rings. The summed E-state index contributed by atoms with van der Waals surface area (Å²) in [4.78, 5) is 11.9. The number of nitrogens with one attached hydrogen (secondary N) is 2. The van der Waals surface area contributed by atoms with Gasteiger partial charge in [-0.25, -0.2) is 0 Å². The standard InChI is InChI=1S/C24H32N2O4S2/c27-24(28)11-7-2-1-6-10-18-19(21-13-12-20(18)30-21)14-25-22(31)15-26-23(32)16-29-17-8-4-3-5-9-17/h1,3-6,8-9,18-21H,2,7,10-16H2,(H,25,31)(H,26,32)(H,27,28)/t18-,19+,20-,21+/m0/s1. The highest BCUT2D eigenvalue weighted by atomic mass is 32.1. The minimum atomic E-state index is -0.735. The van der Waals surface area contributed by atoms with Crippen molar-refractivity contribution >= 4 is 40.4 Å². The van der Waals surface area contributed by atoms with Gasteiger partial charge in [-0.15, -0.1) is 0 Å². The van der Waals surface area contributed by atoms with Crippen molar-refractivity contribution in [2.45, 2.75) is 50.7 Å². The van der Waals surface area contributed by atoms with Crippen LogP contribution >= 0.6 is 24.4 Å². The van der Waals surface area contributed by atoms with Crippen LogP contribution < -0.4 is 15.4 Å². The van der Waals surface area contributed by atoms with Gasteiger partial charge in [0.15, 0.2) is 0 Å². The molecule has 8 heteroatoms. The van der Waals surface area contributed by atoms with E-state index in [1.54, 1.807) is 0 Å². The van der Waals surface area contributed by atoms with E-state index in [1.165, 1.54) is 0 Å². The second-order valence-corrected chi connectivity index (χ2v) is 9.28. The van der Waals surface area contributed by atoms with Gasteiger partial charge in [0.05, 0.1) is 23.7 Å². The minimum absolute atomic E-state index is 0.224. The van der Waals surface area contributed by atoms with Crippen molar-refractivity contribution in [3.63, 3.8) is 0 Å². The number of carboxylic acids is 1. The van der Waals surface area contributed by atoms with Gasteiger partial charge in [0.2, 0.25) is 0 Å². The molecule has 0 spiro atoms. The van der Waals surface area contributed by atoms with Crippen LogP contribution in [-0.4, -0.2) is 53.0 Å². The predicted octanol–water partition coefficient (Wildman–Crippen LogP) is 3.89. The molecular weight excluding hydrogens is 444 g/mol. The highest BCUT2D eigenvalue weighted by Crippen LogP contribution is 2.44. The van der Waals surface area contributed by atoms with Gasteiger partial charge in [0.25, 0.3) is 0 Å². The zero-order valence-corrected chi connectivity index (χ0v) is 19.8. The molecule has 1 aromatic rings. The molecule has 4 atom stereocenters. The molecule has 3 N–H and O–H groups in total. The number of hydrogen-bond donors (Lipinski definition) is 3. The number of rotatable bonds is 13. The maximum atomic E-state index is 10.6. The fourth-order valence-corrected chi connectivity index (χ4v) is 4.70. The van der Waals surface area contributed by atoms with E-state index in [-0.39, 0.29) is 6.42 Å². The fraction of sp³-hybridized carbons (Fsp3) is 0.542. The summed E-state index contributed by atoms with van der Waals surface area (Å²) in [7, 11) is 0. The third-order valence-electron chi connectivity index (χ3n) is 6.02. The lowest BCUT2D eigenvalue weighted by atomic mass is 9.77. The lowest BCUT2D eigenvalue weighted by Gasteiger charge is -2.28. The first-order chi connectivity index (χ1) is 15.5. The number of carboxylic acid groups (broad SMARTS) is 1. The number of benzene rings is 1. The van der Waals surface area contributed by atoms with Gasteiger partial charge in [-0.3, -0.25) is 4.79 Å². The number of ether oxygens (including phenoxy) is 2. The largest absolute Gasteiger partial charge is 0.486 e. The van der Waals surface area contributed by atoms with Gasteiger partial charge in [0.1, 0.15) is 17.3 Å². The van der Waals surface area contributed by atoms with Crippen LogP contribution in [0.25, 0.3) is 0 Å². The topological polar surface area (TPSA) is 79.8 Å². The number of allylic oxidation sites excluding steroid dienone is 2. The molecule has 0 aromatic heterocycles. The Morgan fingerprint density at radius 3 is 2.59 bits per heavy atom. The van der Waals surface area contributed by atoms with Crippen LogP contribution in [0.1, 0.15) is 38.5 Å². The Morgan fingerprint density at radius 2 is 1.84 bits per heavy atom. The summed E-state index contributed by atoms with van der Waals surface area (Å²) >= 11 is 10.8. The Hall–Kier alpha value is -2.03. The van der Waals surface area contributed by atoms with Crippen LogP contribution in [0.2, 0.25) is 0 Å². The van der Waals surface area contributed by atoms with Crippen molar-refractivity contribution < 1.29 is 19.4 Å². The lowest BCUT2D eigenvalue weighted by Crippen LogP contribution is -2.42. The molecule has 6 nitrogen and oxygen atoms in total. The monoisotopic (exact) mass is 476 g/mol. The molecule has 32 heavy (non-hydrogen) atoms. The Labute approximate surface area is 200 Å². The van der Waals surface area contributed by atoms with Gasteiger partial charge < -0.3 is 25.2 Å². The molecule has 0 unspecified atom stereocenters. The molecule has 2 saturated heterocycles. The van der Waals surface area contributed by atoms with E-state index in [2.05, 4.69) is 22.8 Å². The van der Waals surface area contributed by atoms with Crippen molar-refractivity contribution in [1.82, 2.24) is 10.6 Å². The second kappa shape index (κ2) is 12.9. The van der Waals surface area contributed by atoms with E-state index in [0.717, 1.165) is 43.0 Å². The quantitative estimate of drug-likeness (QED) is 0.225. The Kier molecular flexibility index (Phi) is 9.89. The molecule has 0 saturated carbocycles. The van der Waals surface area contributed by atoms with Crippen LogP contribution in [0.3, 0.4) is 0 Å². The summed E-state index contributed by atoms with van der Waals surface area (Å²) in [5.74, 6) is 0.966. The van der Waals surface area contributed by atoms with Gasteiger partial charge in [-0.05, 0) is 50.2 Å². The first-order valence-corrected chi connectivity index (χ1v) is 12.1. The van der Waals surface area contributed by atoms with Crippen LogP contribution in [0.5, 0.6) is 5.75 Å².